The zero-order chi connectivity index (χ0) is 19.1. The van der Waals surface area contributed by atoms with Crippen molar-refractivity contribution in [3.8, 4) is 0 Å². The lowest BCUT2D eigenvalue weighted by Gasteiger charge is -2.16. The van der Waals surface area contributed by atoms with Crippen molar-refractivity contribution < 1.29 is 18.0 Å². The molecule has 0 aromatic heterocycles. The number of carbonyl (C=O) groups is 2. The Morgan fingerprint density at radius 1 is 1.12 bits per heavy atom. The molecule has 0 atom stereocenters. The van der Waals surface area contributed by atoms with Gasteiger partial charge in [0.25, 0.3) is 10.0 Å². The van der Waals surface area contributed by atoms with Gasteiger partial charge in [-0.05, 0) is 50.1 Å². The van der Waals surface area contributed by atoms with Crippen LogP contribution in [0.4, 0.5) is 5.69 Å². The fraction of sp³-hybridized carbons (Fsp3) is 0.263. The molecule has 26 heavy (non-hydrogen) atoms. The van der Waals surface area contributed by atoms with Crippen LogP contribution in [0.5, 0.6) is 0 Å². The predicted molar refractivity (Wildman–Crippen MR) is 98.3 cm³/mol. The van der Waals surface area contributed by atoms with Gasteiger partial charge in [0, 0.05) is 5.69 Å². The molecule has 0 radical (unpaired) electrons. The number of rotatable bonds is 4. The van der Waals surface area contributed by atoms with Crippen molar-refractivity contribution in [1.29, 1.82) is 0 Å². The molecular weight excluding hydrogens is 352 g/mol. The number of fused-ring (bicyclic) bond motifs is 1. The minimum atomic E-state index is -4.02. The van der Waals surface area contributed by atoms with Crippen molar-refractivity contribution in [2.45, 2.75) is 37.5 Å². The molecule has 0 spiro atoms. The monoisotopic (exact) mass is 372 g/mol. The Labute approximate surface area is 152 Å². The van der Waals surface area contributed by atoms with E-state index in [0.29, 0.717) is 11.3 Å². The second-order valence-electron chi connectivity index (χ2n) is 6.98. The predicted octanol–water partition coefficient (Wildman–Crippen LogP) is 2.27. The number of carbonyl (C=O) groups excluding carboxylic acids is 2. The Morgan fingerprint density at radius 3 is 2.42 bits per heavy atom. The van der Waals surface area contributed by atoms with Crippen LogP contribution in [0.1, 0.15) is 30.5 Å². The number of benzene rings is 2. The van der Waals surface area contributed by atoms with Crippen LogP contribution < -0.4 is 10.0 Å². The molecule has 0 bridgehead atoms. The Morgan fingerprint density at radius 2 is 1.77 bits per heavy atom. The van der Waals surface area contributed by atoms with E-state index in [4.69, 9.17) is 0 Å². The third-order valence-corrected chi connectivity index (χ3v) is 5.89. The lowest BCUT2D eigenvalue weighted by Crippen LogP contribution is -2.32. The Bertz CT molecular complexity index is 993. The van der Waals surface area contributed by atoms with Crippen molar-refractivity contribution in [3.05, 3.63) is 59.2 Å². The average Bonchev–Trinajstić information content (AvgIpc) is 2.78. The van der Waals surface area contributed by atoms with Crippen LogP contribution in [0.15, 0.2) is 47.4 Å². The highest BCUT2D eigenvalue weighted by molar-refractivity contribution is 7.90. The van der Waals surface area contributed by atoms with Crippen LogP contribution in [-0.2, 0) is 31.4 Å². The fourth-order valence-corrected chi connectivity index (χ4v) is 3.86. The standard InChI is InChI=1S/C19H20N2O4S/c1-12-4-6-13(7-5-12)10-17(22)21-26(24,25)14-8-9-16-15(11-14)19(2,3)18(23)20-16/h4-9,11H,10H2,1-3H3,(H,20,23)(H,21,22). The van der Waals surface area contributed by atoms with Gasteiger partial charge in [-0.1, -0.05) is 29.8 Å². The van der Waals surface area contributed by atoms with Gasteiger partial charge >= 0.3 is 0 Å². The van der Waals surface area contributed by atoms with Crippen LogP contribution in [0.2, 0.25) is 0 Å². The summed E-state index contributed by atoms with van der Waals surface area (Å²) in [5.74, 6) is -0.798. The SMILES string of the molecule is Cc1ccc(CC(=O)NS(=O)(=O)c2ccc3c(c2)C(C)(C)C(=O)N3)cc1. The first-order chi connectivity index (χ1) is 12.1. The maximum absolute atomic E-state index is 12.5. The lowest BCUT2D eigenvalue weighted by atomic mass is 9.86. The third-order valence-electron chi connectivity index (χ3n) is 4.52. The summed E-state index contributed by atoms with van der Waals surface area (Å²) in [5.41, 5.74) is 2.15. The molecule has 0 aliphatic carbocycles. The van der Waals surface area contributed by atoms with E-state index < -0.39 is 21.3 Å². The zero-order valence-electron chi connectivity index (χ0n) is 14.8. The molecule has 2 aromatic rings. The fourth-order valence-electron chi connectivity index (χ4n) is 2.85. The van der Waals surface area contributed by atoms with E-state index in [0.717, 1.165) is 11.1 Å². The van der Waals surface area contributed by atoms with E-state index in [1.165, 1.54) is 12.1 Å². The number of sulfonamides is 1. The number of nitrogens with one attached hydrogen (secondary N) is 2. The highest BCUT2D eigenvalue weighted by atomic mass is 32.2. The summed E-state index contributed by atoms with van der Waals surface area (Å²) in [7, 11) is -4.02. The zero-order valence-corrected chi connectivity index (χ0v) is 15.6. The molecule has 1 heterocycles. The Hall–Kier alpha value is -2.67. The van der Waals surface area contributed by atoms with Crippen LogP contribution >= 0.6 is 0 Å². The van der Waals surface area contributed by atoms with E-state index in [9.17, 15) is 18.0 Å². The Balaban J connectivity index is 1.81. The molecule has 1 aliphatic rings. The van der Waals surface area contributed by atoms with Gasteiger partial charge in [0.15, 0.2) is 0 Å². The smallest absolute Gasteiger partial charge is 0.264 e. The summed E-state index contributed by atoms with van der Waals surface area (Å²) in [6.45, 7) is 5.38. The highest BCUT2D eigenvalue weighted by Crippen LogP contribution is 2.38. The molecule has 1 aliphatic heterocycles. The minimum absolute atomic E-state index is 0.0318. The van der Waals surface area contributed by atoms with Crippen molar-refractivity contribution in [2.75, 3.05) is 5.32 Å². The van der Waals surface area contributed by atoms with E-state index in [1.807, 2.05) is 19.1 Å². The second kappa shape index (κ2) is 6.25. The van der Waals surface area contributed by atoms with Gasteiger partial charge in [0.05, 0.1) is 16.7 Å². The van der Waals surface area contributed by atoms with Gasteiger partial charge in [0.2, 0.25) is 11.8 Å². The average molecular weight is 372 g/mol. The summed E-state index contributed by atoms with van der Waals surface area (Å²) >= 11 is 0. The summed E-state index contributed by atoms with van der Waals surface area (Å²) in [6.07, 6.45) is -0.0318. The van der Waals surface area contributed by atoms with E-state index >= 15 is 0 Å². The third kappa shape index (κ3) is 3.35. The Kier molecular flexibility index (Phi) is 4.36. The quantitative estimate of drug-likeness (QED) is 0.861. The van der Waals surface area contributed by atoms with Gasteiger partial charge < -0.3 is 5.32 Å². The van der Waals surface area contributed by atoms with Crippen molar-refractivity contribution in [2.24, 2.45) is 0 Å². The molecule has 7 heteroatoms. The normalized spacial score (nSPS) is 15.3. The largest absolute Gasteiger partial charge is 0.325 e. The first-order valence-electron chi connectivity index (χ1n) is 8.17. The van der Waals surface area contributed by atoms with Gasteiger partial charge in [-0.3, -0.25) is 9.59 Å². The van der Waals surface area contributed by atoms with E-state index in [-0.39, 0.29) is 17.2 Å². The van der Waals surface area contributed by atoms with Crippen LogP contribution in [0, 0.1) is 6.92 Å². The van der Waals surface area contributed by atoms with Crippen LogP contribution in [-0.4, -0.2) is 20.2 Å². The molecule has 2 amide bonds. The number of anilines is 1. The molecule has 0 unspecified atom stereocenters. The molecule has 0 fully saturated rings. The number of aryl methyl sites for hydroxylation is 1. The van der Waals surface area contributed by atoms with Crippen LogP contribution in [0.25, 0.3) is 0 Å². The summed E-state index contributed by atoms with van der Waals surface area (Å²) in [5, 5.41) is 2.72. The van der Waals surface area contributed by atoms with E-state index in [2.05, 4.69) is 10.0 Å². The van der Waals surface area contributed by atoms with E-state index in [1.54, 1.807) is 32.0 Å². The highest BCUT2D eigenvalue weighted by Gasteiger charge is 2.39. The van der Waals surface area contributed by atoms with Gasteiger partial charge in [0.1, 0.15) is 0 Å². The lowest BCUT2D eigenvalue weighted by molar-refractivity contribution is -0.120. The van der Waals surface area contributed by atoms with Gasteiger partial charge in [-0.15, -0.1) is 0 Å². The summed E-state index contributed by atoms with van der Waals surface area (Å²) in [4.78, 5) is 24.1. The molecule has 3 rings (SSSR count). The molecule has 2 N–H and O–H groups in total. The number of hydrogen-bond acceptors (Lipinski definition) is 4. The molecule has 6 nitrogen and oxygen atoms in total. The molecule has 0 saturated heterocycles. The number of hydrogen-bond donors (Lipinski definition) is 2. The van der Waals surface area contributed by atoms with Crippen molar-refractivity contribution >= 4 is 27.5 Å². The summed E-state index contributed by atoms with van der Waals surface area (Å²) in [6, 6.07) is 11.7. The van der Waals surface area contributed by atoms with Gasteiger partial charge in [-0.25, -0.2) is 13.1 Å². The van der Waals surface area contributed by atoms with Crippen molar-refractivity contribution in [3.63, 3.8) is 0 Å². The van der Waals surface area contributed by atoms with Crippen LogP contribution in [0.3, 0.4) is 0 Å². The second-order valence-corrected chi connectivity index (χ2v) is 8.66. The number of amides is 2. The van der Waals surface area contributed by atoms with Crippen molar-refractivity contribution in [1.82, 2.24) is 4.72 Å². The summed E-state index contributed by atoms with van der Waals surface area (Å²) < 4.78 is 27.2. The first kappa shape index (κ1) is 18.1. The maximum atomic E-state index is 12.5. The van der Waals surface area contributed by atoms with Gasteiger partial charge in [-0.2, -0.15) is 0 Å². The maximum Gasteiger partial charge on any atom is 0.264 e. The molecule has 136 valence electrons. The molecule has 2 aromatic carbocycles. The molecule has 0 saturated carbocycles. The topological polar surface area (TPSA) is 92.3 Å². The minimum Gasteiger partial charge on any atom is -0.325 e. The first-order valence-corrected chi connectivity index (χ1v) is 9.65. The molecular formula is C19H20N2O4S.